The van der Waals surface area contributed by atoms with Crippen LogP contribution in [0.4, 0.5) is 0 Å². The molecule has 86 valence electrons. The fourth-order valence-corrected chi connectivity index (χ4v) is 1.49. The normalized spacial score (nSPS) is 9.81. The van der Waals surface area contributed by atoms with Crippen LogP contribution in [0, 0.1) is 11.3 Å². The Morgan fingerprint density at radius 1 is 1.62 bits per heavy atom. The van der Waals surface area contributed by atoms with E-state index >= 15 is 0 Å². The summed E-state index contributed by atoms with van der Waals surface area (Å²) in [6, 6.07) is 3.48. The zero-order chi connectivity index (χ0) is 12.0. The van der Waals surface area contributed by atoms with Gasteiger partial charge >= 0.3 is 0 Å². The second-order valence-electron chi connectivity index (χ2n) is 3.35. The molecular formula is C11H13ClN2O2. The molecule has 0 radical (unpaired) electrons. The molecule has 0 aliphatic rings. The number of nitriles is 1. The Bertz CT molecular complexity index is 448. The molecule has 0 spiro atoms. The van der Waals surface area contributed by atoms with E-state index in [2.05, 4.69) is 0 Å². The molecule has 0 aliphatic heterocycles. The molecule has 0 atom stereocenters. The molecule has 4 nitrogen and oxygen atoms in total. The van der Waals surface area contributed by atoms with Crippen LogP contribution in [0.2, 0.25) is 0 Å². The van der Waals surface area contributed by atoms with Crippen LogP contribution in [-0.4, -0.2) is 11.2 Å². The van der Waals surface area contributed by atoms with Gasteiger partial charge in [0, 0.05) is 25.2 Å². The van der Waals surface area contributed by atoms with Gasteiger partial charge in [0.2, 0.25) is 5.43 Å². The fraction of sp³-hybridized carbons (Fsp3) is 0.455. The third-order valence-corrected chi connectivity index (χ3v) is 2.41. The minimum absolute atomic E-state index is 0.175. The highest BCUT2D eigenvalue weighted by molar-refractivity contribution is 6.16. The molecular weight excluding hydrogens is 228 g/mol. The lowest BCUT2D eigenvalue weighted by Crippen LogP contribution is -2.13. The molecule has 16 heavy (non-hydrogen) atoms. The van der Waals surface area contributed by atoms with Crippen molar-refractivity contribution in [1.82, 2.24) is 4.57 Å². The number of nitrogens with zero attached hydrogens (tertiary/aromatic N) is 2. The van der Waals surface area contributed by atoms with E-state index in [1.807, 2.05) is 6.07 Å². The highest BCUT2D eigenvalue weighted by atomic mass is 35.5. The van der Waals surface area contributed by atoms with E-state index in [9.17, 15) is 4.79 Å². The first-order valence-corrected chi connectivity index (χ1v) is 5.47. The zero-order valence-corrected chi connectivity index (χ0v) is 9.83. The summed E-state index contributed by atoms with van der Waals surface area (Å²) < 4.78 is 7.05. The lowest BCUT2D eigenvalue weighted by Gasteiger charge is -2.09. The lowest BCUT2D eigenvalue weighted by molar-refractivity contribution is 0.307. The minimum Gasteiger partial charge on any atom is -0.488 e. The Labute approximate surface area is 99.0 Å². The summed E-state index contributed by atoms with van der Waals surface area (Å²) in [6.45, 7) is 0.378. The summed E-state index contributed by atoms with van der Waals surface area (Å²) in [4.78, 5) is 11.6. The van der Waals surface area contributed by atoms with Gasteiger partial charge in [0.25, 0.3) is 0 Å². The van der Waals surface area contributed by atoms with Gasteiger partial charge in [0.1, 0.15) is 0 Å². The van der Waals surface area contributed by atoms with Gasteiger partial charge in [-0.3, -0.25) is 4.79 Å². The molecule has 0 saturated heterocycles. The summed E-state index contributed by atoms with van der Waals surface area (Å²) in [7, 11) is 1.80. The van der Waals surface area contributed by atoms with Crippen LogP contribution in [0.3, 0.4) is 0 Å². The zero-order valence-electron chi connectivity index (χ0n) is 9.07. The van der Waals surface area contributed by atoms with Crippen molar-refractivity contribution in [1.29, 1.82) is 5.26 Å². The average molecular weight is 241 g/mol. The van der Waals surface area contributed by atoms with Crippen LogP contribution in [-0.2, 0) is 12.9 Å². The molecule has 1 aromatic rings. The number of ether oxygens (including phenoxy) is 1. The maximum atomic E-state index is 11.6. The quantitative estimate of drug-likeness (QED) is 0.583. The monoisotopic (exact) mass is 240 g/mol. The van der Waals surface area contributed by atoms with Gasteiger partial charge in [-0.15, -0.1) is 11.6 Å². The smallest absolute Gasteiger partial charge is 0.223 e. The average Bonchev–Trinajstić information content (AvgIpc) is 2.28. The number of aromatic nitrogens is 1. The van der Waals surface area contributed by atoms with E-state index in [0.717, 1.165) is 5.69 Å². The summed E-state index contributed by atoms with van der Waals surface area (Å²) in [6.07, 6.45) is 2.67. The van der Waals surface area contributed by atoms with Crippen molar-refractivity contribution >= 4 is 11.6 Å². The molecule has 0 aliphatic carbocycles. The molecule has 0 unspecified atom stereocenters. The minimum atomic E-state index is -0.175. The Hall–Kier alpha value is -1.47. The SMILES string of the molecule is Cn1cc(OCCCC#N)c(=O)cc1CCl. The third kappa shape index (κ3) is 3.28. The molecule has 0 bridgehead atoms. The highest BCUT2D eigenvalue weighted by Crippen LogP contribution is 2.07. The molecule has 1 aromatic heterocycles. The largest absolute Gasteiger partial charge is 0.488 e. The predicted octanol–water partition coefficient (Wildman–Crippen LogP) is 1.81. The van der Waals surface area contributed by atoms with Crippen molar-refractivity contribution in [3.05, 3.63) is 28.2 Å². The number of hydrogen-bond donors (Lipinski definition) is 0. The predicted molar refractivity (Wildman–Crippen MR) is 61.6 cm³/mol. The second kappa shape index (κ2) is 6.19. The summed E-state index contributed by atoms with van der Waals surface area (Å²) >= 11 is 5.67. The van der Waals surface area contributed by atoms with Gasteiger partial charge < -0.3 is 9.30 Å². The van der Waals surface area contributed by atoms with Crippen molar-refractivity contribution in [3.63, 3.8) is 0 Å². The molecule has 1 rings (SSSR count). The Kier molecular flexibility index (Phi) is 4.87. The maximum Gasteiger partial charge on any atom is 0.223 e. The molecule has 0 amide bonds. The van der Waals surface area contributed by atoms with Gasteiger partial charge in [-0.05, 0) is 6.42 Å². The lowest BCUT2D eigenvalue weighted by atomic mass is 10.3. The number of alkyl halides is 1. The van der Waals surface area contributed by atoms with E-state index in [0.29, 0.717) is 31.1 Å². The van der Waals surface area contributed by atoms with E-state index in [4.69, 9.17) is 21.6 Å². The number of hydrogen-bond acceptors (Lipinski definition) is 3. The van der Waals surface area contributed by atoms with E-state index in [1.54, 1.807) is 17.8 Å². The second-order valence-corrected chi connectivity index (χ2v) is 3.62. The summed E-state index contributed by atoms with van der Waals surface area (Å²) in [5, 5.41) is 8.34. The van der Waals surface area contributed by atoms with Crippen LogP contribution in [0.5, 0.6) is 5.75 Å². The van der Waals surface area contributed by atoms with Crippen LogP contribution in [0.15, 0.2) is 17.1 Å². The van der Waals surface area contributed by atoms with Crippen molar-refractivity contribution in [2.45, 2.75) is 18.7 Å². The third-order valence-electron chi connectivity index (χ3n) is 2.13. The maximum absolute atomic E-state index is 11.6. The van der Waals surface area contributed by atoms with Crippen LogP contribution >= 0.6 is 11.6 Å². The summed E-state index contributed by atoms with van der Waals surface area (Å²) in [5.74, 6) is 0.592. The van der Waals surface area contributed by atoms with Crippen LogP contribution < -0.4 is 10.2 Å². The van der Waals surface area contributed by atoms with Crippen molar-refractivity contribution in [2.75, 3.05) is 6.61 Å². The number of pyridine rings is 1. The van der Waals surface area contributed by atoms with E-state index < -0.39 is 0 Å². The molecule has 0 aromatic carbocycles. The number of aryl methyl sites for hydroxylation is 1. The standard InChI is InChI=1S/C11H13ClN2O2/c1-14-8-11(16-5-3-2-4-13)10(15)6-9(14)7-12/h6,8H,2-3,5,7H2,1H3. The number of rotatable bonds is 5. The van der Waals surface area contributed by atoms with Gasteiger partial charge in [-0.25, -0.2) is 0 Å². The van der Waals surface area contributed by atoms with Gasteiger partial charge in [-0.2, -0.15) is 5.26 Å². The first-order valence-electron chi connectivity index (χ1n) is 4.94. The van der Waals surface area contributed by atoms with Gasteiger partial charge in [0.05, 0.1) is 24.8 Å². The highest BCUT2D eigenvalue weighted by Gasteiger charge is 2.04. The first kappa shape index (κ1) is 12.6. The van der Waals surface area contributed by atoms with Crippen molar-refractivity contribution in [3.8, 4) is 11.8 Å². The van der Waals surface area contributed by atoms with E-state index in [-0.39, 0.29) is 5.43 Å². The Morgan fingerprint density at radius 2 is 2.38 bits per heavy atom. The van der Waals surface area contributed by atoms with Gasteiger partial charge in [-0.1, -0.05) is 0 Å². The summed E-state index contributed by atoms with van der Waals surface area (Å²) in [5.41, 5.74) is 0.571. The van der Waals surface area contributed by atoms with Gasteiger partial charge in [0.15, 0.2) is 5.75 Å². The molecule has 5 heteroatoms. The Balaban J connectivity index is 2.71. The fourth-order valence-electron chi connectivity index (χ4n) is 1.22. The van der Waals surface area contributed by atoms with Crippen molar-refractivity contribution in [2.24, 2.45) is 7.05 Å². The van der Waals surface area contributed by atoms with Crippen LogP contribution in [0.1, 0.15) is 18.5 Å². The molecule has 0 fully saturated rings. The molecule has 0 saturated carbocycles. The first-order chi connectivity index (χ1) is 7.69. The topological polar surface area (TPSA) is 55.0 Å². The van der Waals surface area contributed by atoms with Crippen LogP contribution in [0.25, 0.3) is 0 Å². The van der Waals surface area contributed by atoms with Crippen molar-refractivity contribution < 1.29 is 4.74 Å². The number of halogens is 1. The molecule has 0 N–H and O–H groups in total. The van der Waals surface area contributed by atoms with E-state index in [1.165, 1.54) is 6.07 Å². The Morgan fingerprint density at radius 3 is 3.00 bits per heavy atom. The number of unbranched alkanes of at least 4 members (excludes halogenated alkanes) is 1. The molecule has 1 heterocycles.